The predicted octanol–water partition coefficient (Wildman–Crippen LogP) is 5.20. The summed E-state index contributed by atoms with van der Waals surface area (Å²) in [4.78, 5) is 23.0. The number of nitro groups is 1. The lowest BCUT2D eigenvalue weighted by Crippen LogP contribution is -2.16. The van der Waals surface area contributed by atoms with E-state index < -0.39 is 4.92 Å². The van der Waals surface area contributed by atoms with Gasteiger partial charge < -0.3 is 14.6 Å². The Kier molecular flexibility index (Phi) is 8.05. The molecule has 0 fully saturated rings. The van der Waals surface area contributed by atoms with Gasteiger partial charge in [0.2, 0.25) is 5.91 Å². The summed E-state index contributed by atoms with van der Waals surface area (Å²) in [6.45, 7) is 8.76. The SMILES string of the molecule is CCn1c(SCC(=O)Nc2ccccc2[N+](=O)[O-])nnc1C(C)Oc1ccc(C(C)C)cc1. The third-order valence-electron chi connectivity index (χ3n) is 4.99. The van der Waals surface area contributed by atoms with Crippen LogP contribution in [0.5, 0.6) is 5.75 Å². The van der Waals surface area contributed by atoms with Crippen molar-refractivity contribution in [2.75, 3.05) is 11.1 Å². The normalized spacial score (nSPS) is 11.9. The van der Waals surface area contributed by atoms with Gasteiger partial charge in [-0.05, 0) is 43.5 Å². The van der Waals surface area contributed by atoms with E-state index >= 15 is 0 Å². The molecule has 1 atom stereocenters. The van der Waals surface area contributed by atoms with Crippen molar-refractivity contribution in [1.29, 1.82) is 0 Å². The van der Waals surface area contributed by atoms with Crippen LogP contribution in [0.1, 0.15) is 51.1 Å². The van der Waals surface area contributed by atoms with Gasteiger partial charge in [0.05, 0.1) is 10.7 Å². The predicted molar refractivity (Wildman–Crippen MR) is 128 cm³/mol. The number of nitrogens with zero attached hydrogens (tertiary/aromatic N) is 4. The highest BCUT2D eigenvalue weighted by Gasteiger charge is 2.20. The van der Waals surface area contributed by atoms with E-state index in [0.29, 0.717) is 23.4 Å². The molecule has 0 radical (unpaired) electrons. The molecule has 3 rings (SSSR count). The van der Waals surface area contributed by atoms with Gasteiger partial charge in [0.25, 0.3) is 5.69 Å². The maximum atomic E-state index is 12.4. The van der Waals surface area contributed by atoms with E-state index in [0.717, 1.165) is 5.75 Å². The Morgan fingerprint density at radius 2 is 1.85 bits per heavy atom. The fourth-order valence-corrected chi connectivity index (χ4v) is 4.06. The van der Waals surface area contributed by atoms with Crippen LogP contribution in [-0.4, -0.2) is 31.3 Å². The van der Waals surface area contributed by atoms with Crippen LogP contribution in [0.2, 0.25) is 0 Å². The summed E-state index contributed by atoms with van der Waals surface area (Å²) < 4.78 is 7.95. The molecular weight excluding hydrogens is 442 g/mol. The van der Waals surface area contributed by atoms with Crippen molar-refractivity contribution in [3.05, 3.63) is 70.0 Å². The maximum absolute atomic E-state index is 12.4. The third kappa shape index (κ3) is 6.10. The number of nitrogens with one attached hydrogen (secondary N) is 1. The molecule has 1 unspecified atom stereocenters. The number of carbonyl (C=O) groups excluding carboxylic acids is 1. The van der Waals surface area contributed by atoms with Crippen LogP contribution in [-0.2, 0) is 11.3 Å². The number of anilines is 1. The average Bonchev–Trinajstić information content (AvgIpc) is 3.21. The van der Waals surface area contributed by atoms with Crippen LogP contribution in [0, 0.1) is 10.1 Å². The van der Waals surface area contributed by atoms with E-state index in [-0.39, 0.29) is 29.1 Å². The molecule has 2 aromatic carbocycles. The van der Waals surface area contributed by atoms with Crippen LogP contribution >= 0.6 is 11.8 Å². The van der Waals surface area contributed by atoms with Gasteiger partial charge in [0, 0.05) is 12.6 Å². The Morgan fingerprint density at radius 3 is 2.48 bits per heavy atom. The highest BCUT2D eigenvalue weighted by molar-refractivity contribution is 7.99. The number of hydrogen-bond donors (Lipinski definition) is 1. The largest absolute Gasteiger partial charge is 0.483 e. The number of nitro benzene ring substituents is 1. The molecule has 0 aliphatic heterocycles. The van der Waals surface area contributed by atoms with E-state index in [1.807, 2.05) is 42.7 Å². The van der Waals surface area contributed by atoms with Gasteiger partial charge in [-0.15, -0.1) is 10.2 Å². The molecule has 174 valence electrons. The van der Waals surface area contributed by atoms with Gasteiger partial charge in [-0.3, -0.25) is 14.9 Å². The second-order valence-electron chi connectivity index (χ2n) is 7.68. The van der Waals surface area contributed by atoms with Crippen molar-refractivity contribution in [3.63, 3.8) is 0 Å². The van der Waals surface area contributed by atoms with Gasteiger partial charge >= 0.3 is 0 Å². The summed E-state index contributed by atoms with van der Waals surface area (Å²) in [7, 11) is 0. The molecule has 9 nitrogen and oxygen atoms in total. The molecule has 33 heavy (non-hydrogen) atoms. The molecule has 0 spiro atoms. The highest BCUT2D eigenvalue weighted by Crippen LogP contribution is 2.27. The van der Waals surface area contributed by atoms with E-state index in [2.05, 4.69) is 29.4 Å². The number of thioether (sulfide) groups is 1. The monoisotopic (exact) mass is 469 g/mol. The average molecular weight is 470 g/mol. The summed E-state index contributed by atoms with van der Waals surface area (Å²) in [5.41, 5.74) is 1.25. The summed E-state index contributed by atoms with van der Waals surface area (Å²) >= 11 is 1.21. The first kappa shape index (κ1) is 24.2. The fraction of sp³-hybridized carbons (Fsp3) is 0.348. The second-order valence-corrected chi connectivity index (χ2v) is 8.62. The molecule has 0 saturated carbocycles. The van der Waals surface area contributed by atoms with Crippen molar-refractivity contribution in [2.45, 2.75) is 51.4 Å². The number of ether oxygens (including phenoxy) is 1. The third-order valence-corrected chi connectivity index (χ3v) is 5.96. The molecule has 1 amide bonds. The summed E-state index contributed by atoms with van der Waals surface area (Å²) in [5.74, 6) is 1.53. The molecule has 1 heterocycles. The van der Waals surface area contributed by atoms with Crippen LogP contribution in [0.3, 0.4) is 0 Å². The van der Waals surface area contributed by atoms with Crippen molar-refractivity contribution < 1.29 is 14.5 Å². The Bertz CT molecular complexity index is 1110. The van der Waals surface area contributed by atoms with Crippen LogP contribution < -0.4 is 10.1 Å². The molecule has 10 heteroatoms. The Morgan fingerprint density at radius 1 is 1.15 bits per heavy atom. The lowest BCUT2D eigenvalue weighted by atomic mass is 10.0. The number of aromatic nitrogens is 3. The zero-order chi connectivity index (χ0) is 24.0. The number of rotatable bonds is 10. The Balaban J connectivity index is 1.64. The topological polar surface area (TPSA) is 112 Å². The summed E-state index contributed by atoms with van der Waals surface area (Å²) in [6, 6.07) is 14.0. The smallest absolute Gasteiger partial charge is 0.292 e. The standard InChI is InChI=1S/C23H27N5O4S/c1-5-27-22(16(4)32-18-12-10-17(11-13-18)15(2)3)25-26-23(27)33-14-21(29)24-19-8-6-7-9-20(19)28(30)31/h6-13,15-16H,5,14H2,1-4H3,(H,24,29). The maximum Gasteiger partial charge on any atom is 0.292 e. The van der Waals surface area contributed by atoms with Gasteiger partial charge in [-0.25, -0.2) is 0 Å². The molecule has 1 aromatic heterocycles. The zero-order valence-corrected chi connectivity index (χ0v) is 19.8. The number of hydrogen-bond acceptors (Lipinski definition) is 7. The molecule has 0 saturated heterocycles. The molecule has 3 aromatic rings. The molecule has 0 bridgehead atoms. The quantitative estimate of drug-likeness (QED) is 0.247. The second kappa shape index (κ2) is 11.0. The van der Waals surface area contributed by atoms with Crippen molar-refractivity contribution in [3.8, 4) is 5.75 Å². The Labute approximate surface area is 196 Å². The van der Waals surface area contributed by atoms with Crippen LogP contribution in [0.25, 0.3) is 0 Å². The fourth-order valence-electron chi connectivity index (χ4n) is 3.25. The van der Waals surface area contributed by atoms with Crippen molar-refractivity contribution >= 4 is 29.0 Å². The van der Waals surface area contributed by atoms with Gasteiger partial charge in [0.15, 0.2) is 17.1 Å². The number of para-hydroxylation sites is 2. The minimum Gasteiger partial charge on any atom is -0.483 e. The lowest BCUT2D eigenvalue weighted by Gasteiger charge is -2.16. The number of amides is 1. The zero-order valence-electron chi connectivity index (χ0n) is 19.0. The summed E-state index contributed by atoms with van der Waals surface area (Å²) in [5, 5.41) is 22.8. The van der Waals surface area contributed by atoms with Crippen molar-refractivity contribution in [1.82, 2.24) is 14.8 Å². The Hall–Kier alpha value is -3.40. The first-order valence-corrected chi connectivity index (χ1v) is 11.6. The van der Waals surface area contributed by atoms with Crippen LogP contribution in [0.15, 0.2) is 53.7 Å². The summed E-state index contributed by atoms with van der Waals surface area (Å²) in [6.07, 6.45) is -0.336. The van der Waals surface area contributed by atoms with Gasteiger partial charge in [-0.2, -0.15) is 0 Å². The first-order chi connectivity index (χ1) is 15.8. The van der Waals surface area contributed by atoms with Crippen molar-refractivity contribution in [2.24, 2.45) is 0 Å². The van der Waals surface area contributed by atoms with E-state index in [1.54, 1.807) is 12.1 Å². The highest BCUT2D eigenvalue weighted by atomic mass is 32.2. The molecule has 0 aliphatic rings. The molecule has 0 aliphatic carbocycles. The van der Waals surface area contributed by atoms with E-state index in [1.165, 1.54) is 29.5 Å². The first-order valence-electron chi connectivity index (χ1n) is 10.7. The van der Waals surface area contributed by atoms with E-state index in [4.69, 9.17) is 4.74 Å². The van der Waals surface area contributed by atoms with E-state index in [9.17, 15) is 14.9 Å². The minimum absolute atomic E-state index is 0.0378. The minimum atomic E-state index is -0.527. The van der Waals surface area contributed by atoms with Crippen LogP contribution in [0.4, 0.5) is 11.4 Å². The number of carbonyl (C=O) groups is 1. The van der Waals surface area contributed by atoms with Gasteiger partial charge in [-0.1, -0.05) is 49.9 Å². The van der Waals surface area contributed by atoms with Gasteiger partial charge in [0.1, 0.15) is 11.4 Å². The number of benzene rings is 2. The molecule has 1 N–H and O–H groups in total. The molecular formula is C23H27N5O4S. The lowest BCUT2D eigenvalue weighted by molar-refractivity contribution is -0.383.